The third-order valence-electron chi connectivity index (χ3n) is 5.79. The van der Waals surface area contributed by atoms with E-state index in [4.69, 9.17) is 4.99 Å². The second kappa shape index (κ2) is 13.4. The van der Waals surface area contributed by atoms with Gasteiger partial charge in [0.05, 0.1) is 6.54 Å². The summed E-state index contributed by atoms with van der Waals surface area (Å²) >= 11 is 0. The van der Waals surface area contributed by atoms with Crippen LogP contribution in [0.25, 0.3) is 0 Å². The van der Waals surface area contributed by atoms with Crippen LogP contribution in [-0.2, 0) is 6.54 Å². The second-order valence-corrected chi connectivity index (χ2v) is 8.22. The monoisotopic (exact) mass is 417 g/mol. The predicted molar refractivity (Wildman–Crippen MR) is 128 cm³/mol. The molecule has 1 fully saturated rings. The molecule has 1 aliphatic heterocycles. The first-order chi connectivity index (χ1) is 14.5. The van der Waals surface area contributed by atoms with Crippen LogP contribution >= 0.6 is 0 Å². The van der Waals surface area contributed by atoms with E-state index in [0.717, 1.165) is 64.0 Å². The molecule has 2 rings (SSSR count). The molecule has 170 valence electrons. The molecule has 1 saturated heterocycles. The van der Waals surface area contributed by atoms with Crippen molar-refractivity contribution >= 4 is 11.8 Å². The lowest BCUT2D eigenvalue weighted by Gasteiger charge is -2.33. The number of nitrogens with one attached hydrogen (secondary N) is 2. The molecule has 1 aromatic rings. The largest absolute Gasteiger partial charge is 0.357 e. The normalized spacial score (nSPS) is 16.7. The molecular formula is C23H43N7. The van der Waals surface area contributed by atoms with Crippen LogP contribution in [0.4, 0.5) is 5.82 Å². The van der Waals surface area contributed by atoms with Gasteiger partial charge < -0.3 is 25.3 Å². The Morgan fingerprint density at radius 2 is 1.93 bits per heavy atom. The van der Waals surface area contributed by atoms with E-state index in [0.29, 0.717) is 12.6 Å². The summed E-state index contributed by atoms with van der Waals surface area (Å²) in [4.78, 5) is 16.6. The molecule has 2 N–H and O–H groups in total. The SMILES string of the molecule is CCNC(=NCc1ccnc(N2CCN(C)CC2)c1)NC(C)CCCN(CC)CC. The van der Waals surface area contributed by atoms with Crippen molar-refractivity contribution in [3.05, 3.63) is 23.9 Å². The zero-order chi connectivity index (χ0) is 21.8. The molecule has 0 aliphatic carbocycles. The molecule has 2 heterocycles. The molecule has 7 nitrogen and oxygen atoms in total. The second-order valence-electron chi connectivity index (χ2n) is 8.22. The zero-order valence-corrected chi connectivity index (χ0v) is 19.8. The highest BCUT2D eigenvalue weighted by Gasteiger charge is 2.15. The number of aromatic nitrogens is 1. The standard InChI is InChI=1S/C23H43N7/c1-6-24-23(27-20(4)10-9-13-29(7-2)8-3)26-19-21-11-12-25-22(18-21)30-16-14-28(5)15-17-30/h11-12,18,20H,6-10,13-17,19H2,1-5H3,(H2,24,26,27). The fourth-order valence-electron chi connectivity index (χ4n) is 3.72. The molecular weight excluding hydrogens is 374 g/mol. The number of likely N-dealkylation sites (N-methyl/N-ethyl adjacent to an activating group) is 1. The van der Waals surface area contributed by atoms with E-state index in [1.165, 1.54) is 18.5 Å². The Morgan fingerprint density at radius 3 is 2.60 bits per heavy atom. The lowest BCUT2D eigenvalue weighted by molar-refractivity contribution is 0.292. The first kappa shape index (κ1) is 24.4. The van der Waals surface area contributed by atoms with Gasteiger partial charge in [-0.05, 0) is 71.1 Å². The van der Waals surface area contributed by atoms with Crippen LogP contribution in [0.5, 0.6) is 0 Å². The number of aliphatic imine (C=N–C) groups is 1. The highest BCUT2D eigenvalue weighted by molar-refractivity contribution is 5.80. The molecule has 0 aromatic carbocycles. The van der Waals surface area contributed by atoms with Crippen molar-refractivity contribution in [1.29, 1.82) is 0 Å². The average Bonchev–Trinajstić information content (AvgIpc) is 2.76. The van der Waals surface area contributed by atoms with Crippen LogP contribution in [0.2, 0.25) is 0 Å². The van der Waals surface area contributed by atoms with Gasteiger partial charge in [0, 0.05) is 45.0 Å². The average molecular weight is 418 g/mol. The van der Waals surface area contributed by atoms with Crippen LogP contribution < -0.4 is 15.5 Å². The van der Waals surface area contributed by atoms with Crippen molar-refractivity contribution in [1.82, 2.24) is 25.4 Å². The molecule has 7 heteroatoms. The summed E-state index contributed by atoms with van der Waals surface area (Å²) in [5, 5.41) is 6.95. The Hall–Kier alpha value is -1.86. The van der Waals surface area contributed by atoms with Gasteiger partial charge in [-0.1, -0.05) is 13.8 Å². The van der Waals surface area contributed by atoms with E-state index in [1.54, 1.807) is 0 Å². The van der Waals surface area contributed by atoms with Crippen molar-refractivity contribution in [2.75, 3.05) is 64.3 Å². The Labute approximate surface area is 183 Å². The molecule has 1 aliphatic rings. The summed E-state index contributed by atoms with van der Waals surface area (Å²) in [5.74, 6) is 1.96. The third-order valence-corrected chi connectivity index (χ3v) is 5.79. The number of hydrogen-bond donors (Lipinski definition) is 2. The molecule has 0 radical (unpaired) electrons. The van der Waals surface area contributed by atoms with E-state index >= 15 is 0 Å². The van der Waals surface area contributed by atoms with E-state index in [-0.39, 0.29) is 0 Å². The van der Waals surface area contributed by atoms with Gasteiger partial charge in [0.2, 0.25) is 0 Å². The molecule has 1 atom stereocenters. The van der Waals surface area contributed by atoms with Gasteiger partial charge in [0.25, 0.3) is 0 Å². The van der Waals surface area contributed by atoms with E-state index in [9.17, 15) is 0 Å². The number of nitrogens with zero attached hydrogens (tertiary/aromatic N) is 5. The van der Waals surface area contributed by atoms with Crippen LogP contribution in [0, 0.1) is 0 Å². The van der Waals surface area contributed by atoms with Gasteiger partial charge in [0.1, 0.15) is 5.82 Å². The molecule has 1 unspecified atom stereocenters. The van der Waals surface area contributed by atoms with Crippen molar-refractivity contribution in [3.8, 4) is 0 Å². The van der Waals surface area contributed by atoms with Gasteiger partial charge in [-0.15, -0.1) is 0 Å². The summed E-state index contributed by atoms with van der Waals surface area (Å²) in [6.45, 7) is 18.0. The minimum absolute atomic E-state index is 0.400. The summed E-state index contributed by atoms with van der Waals surface area (Å²) in [6, 6.07) is 4.66. The molecule has 0 bridgehead atoms. The number of anilines is 1. The molecule has 1 aromatic heterocycles. The van der Waals surface area contributed by atoms with Crippen molar-refractivity contribution in [2.24, 2.45) is 4.99 Å². The minimum Gasteiger partial charge on any atom is -0.357 e. The van der Waals surface area contributed by atoms with Crippen molar-refractivity contribution in [2.45, 2.75) is 53.1 Å². The van der Waals surface area contributed by atoms with E-state index in [2.05, 4.69) is 77.2 Å². The quantitative estimate of drug-likeness (QED) is 0.426. The topological polar surface area (TPSA) is 59.0 Å². The number of piperazine rings is 1. The lowest BCUT2D eigenvalue weighted by atomic mass is 10.2. The Bertz CT molecular complexity index is 622. The molecule has 0 amide bonds. The van der Waals surface area contributed by atoms with E-state index < -0.39 is 0 Å². The number of guanidine groups is 1. The summed E-state index contributed by atoms with van der Waals surface area (Å²) in [6.07, 6.45) is 4.26. The van der Waals surface area contributed by atoms with Gasteiger partial charge in [-0.25, -0.2) is 9.98 Å². The van der Waals surface area contributed by atoms with Crippen molar-refractivity contribution in [3.63, 3.8) is 0 Å². The van der Waals surface area contributed by atoms with Crippen LogP contribution in [0.3, 0.4) is 0 Å². The van der Waals surface area contributed by atoms with Gasteiger partial charge in [-0.2, -0.15) is 0 Å². The predicted octanol–water partition coefficient (Wildman–Crippen LogP) is 2.40. The maximum Gasteiger partial charge on any atom is 0.191 e. The molecule has 0 spiro atoms. The molecule has 30 heavy (non-hydrogen) atoms. The van der Waals surface area contributed by atoms with Crippen LogP contribution in [0.1, 0.15) is 46.1 Å². The maximum absolute atomic E-state index is 4.83. The Morgan fingerprint density at radius 1 is 1.20 bits per heavy atom. The summed E-state index contributed by atoms with van der Waals surface area (Å²) in [5.41, 5.74) is 1.20. The summed E-state index contributed by atoms with van der Waals surface area (Å²) < 4.78 is 0. The Balaban J connectivity index is 1.88. The Kier molecular flexibility index (Phi) is 10.9. The van der Waals surface area contributed by atoms with E-state index in [1.807, 2.05) is 6.20 Å². The number of rotatable bonds is 11. The third kappa shape index (κ3) is 8.48. The van der Waals surface area contributed by atoms with Gasteiger partial charge in [0.15, 0.2) is 5.96 Å². The highest BCUT2D eigenvalue weighted by Crippen LogP contribution is 2.15. The maximum atomic E-state index is 4.83. The summed E-state index contributed by atoms with van der Waals surface area (Å²) in [7, 11) is 2.18. The number of hydrogen-bond acceptors (Lipinski definition) is 5. The van der Waals surface area contributed by atoms with Crippen LogP contribution in [-0.4, -0.2) is 86.2 Å². The van der Waals surface area contributed by atoms with Crippen LogP contribution in [0.15, 0.2) is 23.3 Å². The smallest absolute Gasteiger partial charge is 0.191 e. The fraction of sp³-hybridized carbons (Fsp3) is 0.739. The first-order valence-electron chi connectivity index (χ1n) is 11.7. The van der Waals surface area contributed by atoms with Gasteiger partial charge in [-0.3, -0.25) is 0 Å². The lowest BCUT2D eigenvalue weighted by Crippen LogP contribution is -2.44. The first-order valence-corrected chi connectivity index (χ1v) is 11.7. The minimum atomic E-state index is 0.400. The molecule has 0 saturated carbocycles. The highest BCUT2D eigenvalue weighted by atomic mass is 15.3. The number of pyridine rings is 1. The fourth-order valence-corrected chi connectivity index (χ4v) is 3.72. The van der Waals surface area contributed by atoms with Gasteiger partial charge >= 0.3 is 0 Å². The zero-order valence-electron chi connectivity index (χ0n) is 19.8. The van der Waals surface area contributed by atoms with Crippen molar-refractivity contribution < 1.29 is 0 Å².